The summed E-state index contributed by atoms with van der Waals surface area (Å²) in [5.74, 6) is 0. The lowest BCUT2D eigenvalue weighted by Crippen LogP contribution is -2.55. The number of hydrogen-bond donors (Lipinski definition) is 2. The Hall–Kier alpha value is -1.24. The molecule has 0 unspecified atom stereocenters. The lowest BCUT2D eigenvalue weighted by Gasteiger charge is -2.54. The summed E-state index contributed by atoms with van der Waals surface area (Å²) in [5.41, 5.74) is 0.151. The molecule has 2 amide bonds. The van der Waals surface area contributed by atoms with E-state index in [0.717, 1.165) is 25.0 Å². The van der Waals surface area contributed by atoms with Crippen LogP contribution in [0.15, 0.2) is 22.7 Å². The largest absolute Gasteiger partial charge is 0.416 e. The molecule has 2 fully saturated rings. The number of hydrogen-bond acceptors (Lipinski definition) is 1. The van der Waals surface area contributed by atoms with Crippen molar-refractivity contribution in [1.82, 2.24) is 10.6 Å². The van der Waals surface area contributed by atoms with E-state index in [4.69, 9.17) is 0 Å². The molecule has 0 radical (unpaired) electrons. The molecule has 0 saturated heterocycles. The standard InChI is InChI=1S/C17H20BrF3N2O/c1-10(13-7-11(17(19,20)21)3-4-14(13)18)22-15(24)23-12-8-16(9-12)5-2-6-16/h3-4,7,10,12H,2,5-6,8-9H2,1H3,(H2,22,23,24)/t10-/m0/s1. The van der Waals surface area contributed by atoms with Crippen LogP contribution in [0, 0.1) is 5.41 Å². The van der Waals surface area contributed by atoms with Crippen molar-refractivity contribution in [2.24, 2.45) is 5.41 Å². The Kier molecular flexibility index (Phi) is 4.57. The van der Waals surface area contributed by atoms with Crippen LogP contribution in [0.25, 0.3) is 0 Å². The van der Waals surface area contributed by atoms with Gasteiger partial charge in [0.25, 0.3) is 0 Å². The summed E-state index contributed by atoms with van der Waals surface area (Å²) >= 11 is 3.26. The maximum absolute atomic E-state index is 12.8. The van der Waals surface area contributed by atoms with Crippen molar-refractivity contribution in [1.29, 1.82) is 0 Å². The second-order valence-corrected chi connectivity index (χ2v) is 7.89. The molecular weight excluding hydrogens is 385 g/mol. The van der Waals surface area contributed by atoms with E-state index in [-0.39, 0.29) is 12.1 Å². The van der Waals surface area contributed by atoms with Crippen LogP contribution in [0.2, 0.25) is 0 Å². The van der Waals surface area contributed by atoms with Gasteiger partial charge in [0.05, 0.1) is 11.6 Å². The molecule has 0 heterocycles. The number of alkyl halides is 3. The van der Waals surface area contributed by atoms with Gasteiger partial charge in [-0.2, -0.15) is 13.2 Å². The van der Waals surface area contributed by atoms with Crippen LogP contribution in [-0.4, -0.2) is 12.1 Å². The maximum Gasteiger partial charge on any atom is 0.416 e. The Morgan fingerprint density at radius 3 is 2.54 bits per heavy atom. The van der Waals surface area contributed by atoms with Gasteiger partial charge in [0.1, 0.15) is 0 Å². The number of carbonyl (C=O) groups is 1. The van der Waals surface area contributed by atoms with Crippen molar-refractivity contribution in [3.8, 4) is 0 Å². The van der Waals surface area contributed by atoms with E-state index < -0.39 is 17.8 Å². The molecule has 0 aliphatic heterocycles. The van der Waals surface area contributed by atoms with Gasteiger partial charge in [-0.15, -0.1) is 0 Å². The second kappa shape index (κ2) is 6.24. The zero-order valence-corrected chi connectivity index (χ0v) is 14.9. The van der Waals surface area contributed by atoms with Crippen LogP contribution in [-0.2, 0) is 6.18 Å². The molecule has 1 spiro atoms. The average molecular weight is 405 g/mol. The van der Waals surface area contributed by atoms with Gasteiger partial charge in [-0.25, -0.2) is 4.79 Å². The van der Waals surface area contributed by atoms with E-state index >= 15 is 0 Å². The van der Waals surface area contributed by atoms with Crippen LogP contribution >= 0.6 is 15.9 Å². The molecule has 132 valence electrons. The number of nitrogens with one attached hydrogen (secondary N) is 2. The normalized spacial score (nSPS) is 20.9. The number of amides is 2. The lowest BCUT2D eigenvalue weighted by atomic mass is 9.54. The zero-order chi connectivity index (χ0) is 17.5. The fourth-order valence-corrected chi connectivity index (χ4v) is 4.32. The highest BCUT2D eigenvalue weighted by Crippen LogP contribution is 2.55. The van der Waals surface area contributed by atoms with E-state index in [2.05, 4.69) is 26.6 Å². The summed E-state index contributed by atoms with van der Waals surface area (Å²) in [4.78, 5) is 12.1. The first-order chi connectivity index (χ1) is 11.2. The summed E-state index contributed by atoms with van der Waals surface area (Å²) < 4.78 is 39.1. The Morgan fingerprint density at radius 2 is 2.00 bits per heavy atom. The molecule has 0 bridgehead atoms. The highest BCUT2D eigenvalue weighted by Gasteiger charge is 2.48. The van der Waals surface area contributed by atoms with E-state index in [0.29, 0.717) is 15.5 Å². The van der Waals surface area contributed by atoms with Crippen molar-refractivity contribution in [2.45, 2.75) is 57.3 Å². The number of carbonyl (C=O) groups excluding carboxylic acids is 1. The Labute approximate surface area is 147 Å². The third kappa shape index (κ3) is 3.55. The fourth-order valence-electron chi connectivity index (χ4n) is 3.73. The Morgan fingerprint density at radius 1 is 1.33 bits per heavy atom. The van der Waals surface area contributed by atoms with Crippen LogP contribution in [0.1, 0.15) is 56.2 Å². The summed E-state index contributed by atoms with van der Waals surface area (Å²) in [7, 11) is 0. The number of halogens is 4. The minimum Gasteiger partial charge on any atom is -0.335 e. The van der Waals surface area contributed by atoms with Crippen LogP contribution in [0.5, 0.6) is 0 Å². The van der Waals surface area contributed by atoms with Gasteiger partial charge < -0.3 is 10.6 Å². The summed E-state index contributed by atoms with van der Waals surface area (Å²) in [6.45, 7) is 1.67. The second-order valence-electron chi connectivity index (χ2n) is 7.03. The summed E-state index contributed by atoms with van der Waals surface area (Å²) in [6, 6.07) is 2.78. The topological polar surface area (TPSA) is 41.1 Å². The monoisotopic (exact) mass is 404 g/mol. The first kappa shape index (κ1) is 17.6. The highest BCUT2D eigenvalue weighted by atomic mass is 79.9. The van der Waals surface area contributed by atoms with E-state index in [9.17, 15) is 18.0 Å². The van der Waals surface area contributed by atoms with Crippen molar-refractivity contribution < 1.29 is 18.0 Å². The predicted octanol–water partition coefficient (Wildman–Crippen LogP) is 5.16. The molecule has 1 atom stereocenters. The van der Waals surface area contributed by atoms with Crippen molar-refractivity contribution in [3.05, 3.63) is 33.8 Å². The summed E-state index contributed by atoms with van der Waals surface area (Å²) in [5, 5.41) is 5.65. The number of rotatable bonds is 3. The van der Waals surface area contributed by atoms with Crippen molar-refractivity contribution in [2.75, 3.05) is 0 Å². The SMILES string of the molecule is C[C@H](NC(=O)NC1CC2(CCC2)C1)c1cc(C(F)(F)F)ccc1Br. The number of benzene rings is 1. The van der Waals surface area contributed by atoms with Gasteiger partial charge in [0.15, 0.2) is 0 Å². The Bertz CT molecular complexity index is 635. The van der Waals surface area contributed by atoms with Gasteiger partial charge in [-0.3, -0.25) is 0 Å². The molecule has 2 saturated carbocycles. The molecule has 1 aromatic rings. The molecule has 3 rings (SSSR count). The van der Waals surface area contributed by atoms with Crippen LogP contribution in [0.3, 0.4) is 0 Å². The van der Waals surface area contributed by atoms with Gasteiger partial charge >= 0.3 is 12.2 Å². The van der Waals surface area contributed by atoms with Crippen molar-refractivity contribution in [3.63, 3.8) is 0 Å². The molecular formula is C17H20BrF3N2O. The minimum absolute atomic E-state index is 0.183. The first-order valence-corrected chi connectivity index (χ1v) is 8.92. The van der Waals surface area contributed by atoms with E-state index in [1.807, 2.05) is 0 Å². The Balaban J connectivity index is 1.58. The minimum atomic E-state index is -4.40. The maximum atomic E-state index is 12.8. The molecule has 2 N–H and O–H groups in total. The third-order valence-electron chi connectivity index (χ3n) is 5.25. The molecule has 1 aromatic carbocycles. The van der Waals surface area contributed by atoms with Crippen LogP contribution < -0.4 is 10.6 Å². The number of urea groups is 1. The van der Waals surface area contributed by atoms with Gasteiger partial charge in [0, 0.05) is 10.5 Å². The highest BCUT2D eigenvalue weighted by molar-refractivity contribution is 9.10. The third-order valence-corrected chi connectivity index (χ3v) is 5.97. The average Bonchev–Trinajstić information content (AvgIpc) is 2.39. The van der Waals surface area contributed by atoms with E-state index in [1.54, 1.807) is 6.92 Å². The lowest BCUT2D eigenvalue weighted by molar-refractivity contribution is -0.137. The first-order valence-electron chi connectivity index (χ1n) is 8.12. The van der Waals surface area contributed by atoms with Crippen molar-refractivity contribution >= 4 is 22.0 Å². The predicted molar refractivity (Wildman–Crippen MR) is 88.5 cm³/mol. The summed E-state index contributed by atoms with van der Waals surface area (Å²) in [6.07, 6.45) is 1.41. The molecule has 2 aliphatic rings. The molecule has 2 aliphatic carbocycles. The molecule has 0 aromatic heterocycles. The zero-order valence-electron chi connectivity index (χ0n) is 13.3. The molecule has 7 heteroatoms. The van der Waals surface area contributed by atoms with Gasteiger partial charge in [0.2, 0.25) is 0 Å². The van der Waals surface area contributed by atoms with E-state index in [1.165, 1.54) is 25.3 Å². The van der Waals surface area contributed by atoms with Gasteiger partial charge in [-0.05, 0) is 61.8 Å². The van der Waals surface area contributed by atoms with Gasteiger partial charge in [-0.1, -0.05) is 22.4 Å². The quantitative estimate of drug-likeness (QED) is 0.717. The molecule has 3 nitrogen and oxygen atoms in total. The smallest absolute Gasteiger partial charge is 0.335 e. The fraction of sp³-hybridized carbons (Fsp3) is 0.588. The molecule has 24 heavy (non-hydrogen) atoms. The van der Waals surface area contributed by atoms with Crippen LogP contribution in [0.4, 0.5) is 18.0 Å².